The number of aliphatic hydroxyl groups is 1. The average Bonchev–Trinajstić information content (AvgIpc) is 2.54. The Bertz CT molecular complexity index is 663. The van der Waals surface area contributed by atoms with Crippen molar-refractivity contribution < 1.29 is 10.2 Å². The van der Waals surface area contributed by atoms with Crippen molar-refractivity contribution in [2.24, 2.45) is 0 Å². The summed E-state index contributed by atoms with van der Waals surface area (Å²) in [7, 11) is 0. The van der Waals surface area contributed by atoms with Gasteiger partial charge in [0.2, 0.25) is 0 Å². The molecule has 128 valence electrons. The van der Waals surface area contributed by atoms with E-state index in [-0.39, 0.29) is 5.75 Å². The standard InChI is InChI=1S/C22H28O2/c1-4-18-10-8-11-20(23)21(18)19-14-12-17(13-15-19)9-6-5-7-16-22(2,3)24/h4,8,10-15,23-24H,1,5-7,9,16H2,2-3H3. The van der Waals surface area contributed by atoms with Crippen LogP contribution in [0.25, 0.3) is 17.2 Å². The summed E-state index contributed by atoms with van der Waals surface area (Å²) in [5.41, 5.74) is 3.53. The Morgan fingerprint density at radius 1 is 1.00 bits per heavy atom. The lowest BCUT2D eigenvalue weighted by Gasteiger charge is -2.16. The van der Waals surface area contributed by atoms with Crippen molar-refractivity contribution in [1.29, 1.82) is 0 Å². The van der Waals surface area contributed by atoms with Gasteiger partial charge in [-0.05, 0) is 55.9 Å². The zero-order valence-electron chi connectivity index (χ0n) is 14.8. The highest BCUT2D eigenvalue weighted by molar-refractivity contribution is 5.79. The van der Waals surface area contributed by atoms with Gasteiger partial charge in [-0.25, -0.2) is 0 Å². The van der Waals surface area contributed by atoms with E-state index in [0.717, 1.165) is 48.8 Å². The third-order valence-electron chi connectivity index (χ3n) is 4.29. The normalized spacial score (nSPS) is 11.5. The number of phenols is 1. The van der Waals surface area contributed by atoms with E-state index >= 15 is 0 Å². The highest BCUT2D eigenvalue weighted by atomic mass is 16.3. The first-order valence-corrected chi connectivity index (χ1v) is 8.67. The van der Waals surface area contributed by atoms with Gasteiger partial charge >= 0.3 is 0 Å². The molecule has 2 rings (SSSR count). The first-order chi connectivity index (χ1) is 11.4. The molecule has 0 atom stereocenters. The van der Waals surface area contributed by atoms with Crippen LogP contribution in [0.5, 0.6) is 5.75 Å². The average molecular weight is 324 g/mol. The molecule has 0 aliphatic carbocycles. The van der Waals surface area contributed by atoms with Gasteiger partial charge in [-0.2, -0.15) is 0 Å². The highest BCUT2D eigenvalue weighted by Gasteiger charge is 2.11. The number of hydrogen-bond donors (Lipinski definition) is 2. The molecule has 24 heavy (non-hydrogen) atoms. The predicted molar refractivity (Wildman–Crippen MR) is 102 cm³/mol. The number of benzene rings is 2. The minimum absolute atomic E-state index is 0.284. The number of aryl methyl sites for hydroxylation is 1. The maximum Gasteiger partial charge on any atom is 0.124 e. The van der Waals surface area contributed by atoms with Gasteiger partial charge in [-0.15, -0.1) is 0 Å². The molecular weight excluding hydrogens is 296 g/mol. The Hall–Kier alpha value is -2.06. The van der Waals surface area contributed by atoms with Crippen LogP contribution < -0.4 is 0 Å². The van der Waals surface area contributed by atoms with Gasteiger partial charge in [-0.1, -0.05) is 61.9 Å². The molecule has 0 heterocycles. The van der Waals surface area contributed by atoms with E-state index in [1.54, 1.807) is 12.1 Å². The number of unbranched alkanes of at least 4 members (excludes halogenated alkanes) is 2. The van der Waals surface area contributed by atoms with E-state index in [9.17, 15) is 10.2 Å². The molecule has 0 unspecified atom stereocenters. The molecule has 0 fully saturated rings. The smallest absolute Gasteiger partial charge is 0.124 e. The van der Waals surface area contributed by atoms with E-state index in [0.29, 0.717) is 0 Å². The lowest BCUT2D eigenvalue weighted by molar-refractivity contribution is 0.0681. The molecule has 0 bridgehead atoms. The maximum absolute atomic E-state index is 10.1. The van der Waals surface area contributed by atoms with Crippen LogP contribution >= 0.6 is 0 Å². The second-order valence-corrected chi connectivity index (χ2v) is 7.02. The van der Waals surface area contributed by atoms with Gasteiger partial charge in [0.15, 0.2) is 0 Å². The second kappa shape index (κ2) is 8.16. The van der Waals surface area contributed by atoms with Crippen LogP contribution in [0, 0.1) is 0 Å². The van der Waals surface area contributed by atoms with E-state index in [1.165, 1.54) is 5.56 Å². The molecule has 2 N–H and O–H groups in total. The monoisotopic (exact) mass is 324 g/mol. The third-order valence-corrected chi connectivity index (χ3v) is 4.29. The molecule has 0 amide bonds. The second-order valence-electron chi connectivity index (χ2n) is 7.02. The van der Waals surface area contributed by atoms with Gasteiger partial charge < -0.3 is 10.2 Å². The quantitative estimate of drug-likeness (QED) is 0.623. The van der Waals surface area contributed by atoms with E-state index in [2.05, 4.69) is 30.8 Å². The SMILES string of the molecule is C=Cc1cccc(O)c1-c1ccc(CCCCCC(C)(C)O)cc1. The fourth-order valence-electron chi connectivity index (χ4n) is 2.94. The molecule has 0 aromatic heterocycles. The lowest BCUT2D eigenvalue weighted by Crippen LogP contribution is -2.17. The summed E-state index contributed by atoms with van der Waals surface area (Å²) < 4.78 is 0. The van der Waals surface area contributed by atoms with Crippen LogP contribution in [0.2, 0.25) is 0 Å². The summed E-state index contributed by atoms with van der Waals surface area (Å²) >= 11 is 0. The van der Waals surface area contributed by atoms with Gasteiger partial charge in [0, 0.05) is 5.56 Å². The minimum Gasteiger partial charge on any atom is -0.507 e. The van der Waals surface area contributed by atoms with Gasteiger partial charge in [0.25, 0.3) is 0 Å². The molecule has 0 saturated heterocycles. The number of rotatable bonds is 8. The van der Waals surface area contributed by atoms with Gasteiger partial charge in [0.05, 0.1) is 5.60 Å². The van der Waals surface area contributed by atoms with Gasteiger partial charge in [-0.3, -0.25) is 0 Å². The largest absolute Gasteiger partial charge is 0.507 e. The molecular formula is C22H28O2. The third kappa shape index (κ3) is 5.24. The van der Waals surface area contributed by atoms with Crippen molar-refractivity contribution >= 4 is 6.08 Å². The Labute approximate surface area is 145 Å². The molecule has 0 aliphatic heterocycles. The lowest BCUT2D eigenvalue weighted by atomic mass is 9.96. The molecule has 2 nitrogen and oxygen atoms in total. The first kappa shape index (κ1) is 18.3. The van der Waals surface area contributed by atoms with Crippen LogP contribution in [-0.2, 0) is 6.42 Å². The highest BCUT2D eigenvalue weighted by Crippen LogP contribution is 2.33. The minimum atomic E-state index is -0.553. The van der Waals surface area contributed by atoms with Crippen molar-refractivity contribution in [3.8, 4) is 16.9 Å². The molecule has 0 radical (unpaired) electrons. The molecule has 2 heteroatoms. The van der Waals surface area contributed by atoms with Crippen molar-refractivity contribution in [1.82, 2.24) is 0 Å². The zero-order valence-corrected chi connectivity index (χ0v) is 14.8. The summed E-state index contributed by atoms with van der Waals surface area (Å²) in [6.07, 6.45) is 6.98. The molecule has 0 spiro atoms. The first-order valence-electron chi connectivity index (χ1n) is 8.67. The van der Waals surface area contributed by atoms with Crippen molar-refractivity contribution in [2.45, 2.75) is 51.6 Å². The molecule has 2 aromatic rings. The van der Waals surface area contributed by atoms with Crippen LogP contribution in [0.15, 0.2) is 49.0 Å². The van der Waals surface area contributed by atoms with Crippen LogP contribution in [0.1, 0.15) is 50.7 Å². The van der Waals surface area contributed by atoms with Crippen molar-refractivity contribution in [3.05, 3.63) is 60.2 Å². The summed E-state index contributed by atoms with van der Waals surface area (Å²) in [5.74, 6) is 0.284. The fraction of sp³-hybridized carbons (Fsp3) is 0.364. The molecule has 0 saturated carbocycles. The Kier molecular flexibility index (Phi) is 6.22. The zero-order chi connectivity index (χ0) is 17.6. The Morgan fingerprint density at radius 3 is 2.33 bits per heavy atom. The summed E-state index contributed by atoms with van der Waals surface area (Å²) in [5, 5.41) is 19.9. The predicted octanol–water partition coefficient (Wildman–Crippen LogP) is 5.58. The molecule has 0 aliphatic rings. The summed E-state index contributed by atoms with van der Waals surface area (Å²) in [6.45, 7) is 7.55. The van der Waals surface area contributed by atoms with Crippen LogP contribution in [0.4, 0.5) is 0 Å². The van der Waals surface area contributed by atoms with E-state index in [1.807, 2.05) is 26.0 Å². The summed E-state index contributed by atoms with van der Waals surface area (Å²) in [4.78, 5) is 0. The number of hydrogen-bond acceptors (Lipinski definition) is 2. The fourth-order valence-corrected chi connectivity index (χ4v) is 2.94. The Morgan fingerprint density at radius 2 is 1.71 bits per heavy atom. The van der Waals surface area contributed by atoms with E-state index < -0.39 is 5.60 Å². The van der Waals surface area contributed by atoms with Crippen LogP contribution in [-0.4, -0.2) is 15.8 Å². The van der Waals surface area contributed by atoms with E-state index in [4.69, 9.17) is 0 Å². The van der Waals surface area contributed by atoms with Crippen molar-refractivity contribution in [3.63, 3.8) is 0 Å². The van der Waals surface area contributed by atoms with Crippen molar-refractivity contribution in [2.75, 3.05) is 0 Å². The van der Waals surface area contributed by atoms with Crippen LogP contribution in [0.3, 0.4) is 0 Å². The molecule has 2 aromatic carbocycles. The maximum atomic E-state index is 10.1. The summed E-state index contributed by atoms with van der Waals surface area (Å²) in [6, 6.07) is 13.9. The number of phenolic OH excluding ortho intramolecular Hbond substituents is 1. The Balaban J connectivity index is 1.96. The van der Waals surface area contributed by atoms with Gasteiger partial charge in [0.1, 0.15) is 5.75 Å². The topological polar surface area (TPSA) is 40.5 Å². The number of aromatic hydroxyl groups is 1.